The molecule has 0 amide bonds. The predicted molar refractivity (Wildman–Crippen MR) is 104 cm³/mol. The minimum atomic E-state index is -0.410. The molecule has 5 nitrogen and oxygen atoms in total. The molecule has 0 saturated heterocycles. The van der Waals surface area contributed by atoms with Gasteiger partial charge in [-0.2, -0.15) is 0 Å². The van der Waals surface area contributed by atoms with E-state index in [-0.39, 0.29) is 6.61 Å². The number of carbonyl (C=O) groups excluding carboxylic acids is 2. The van der Waals surface area contributed by atoms with Crippen molar-refractivity contribution >= 4 is 11.9 Å². The van der Waals surface area contributed by atoms with Crippen LogP contribution in [0.2, 0.25) is 0 Å². The number of hydrogen-bond donors (Lipinski definition) is 0. The molecule has 0 saturated carbocycles. The largest absolute Gasteiger partial charge is 0.489 e. The number of para-hydroxylation sites is 1. The third kappa shape index (κ3) is 5.20. The van der Waals surface area contributed by atoms with Gasteiger partial charge in [-0.25, -0.2) is 9.59 Å². The first-order chi connectivity index (χ1) is 13.7. The zero-order valence-electron chi connectivity index (χ0n) is 15.5. The Morgan fingerprint density at radius 1 is 0.679 bits per heavy atom. The van der Waals surface area contributed by atoms with E-state index >= 15 is 0 Å². The highest BCUT2D eigenvalue weighted by Crippen LogP contribution is 2.13. The molecule has 0 radical (unpaired) electrons. The fourth-order valence-electron chi connectivity index (χ4n) is 2.51. The minimum Gasteiger partial charge on any atom is -0.489 e. The summed E-state index contributed by atoms with van der Waals surface area (Å²) >= 11 is 0. The summed E-state index contributed by atoms with van der Waals surface area (Å²) in [5, 5.41) is 0. The van der Waals surface area contributed by atoms with Crippen molar-refractivity contribution in [1.82, 2.24) is 0 Å². The average Bonchev–Trinajstić information content (AvgIpc) is 2.77. The van der Waals surface area contributed by atoms with Gasteiger partial charge >= 0.3 is 11.9 Å². The molecule has 0 heterocycles. The summed E-state index contributed by atoms with van der Waals surface area (Å²) in [6, 6.07) is 23.4. The van der Waals surface area contributed by atoms with Crippen molar-refractivity contribution in [3.05, 3.63) is 101 Å². The van der Waals surface area contributed by atoms with E-state index in [9.17, 15) is 9.59 Å². The van der Waals surface area contributed by atoms with Gasteiger partial charge in [-0.05, 0) is 47.5 Å². The lowest BCUT2D eigenvalue weighted by Crippen LogP contribution is -2.06. The van der Waals surface area contributed by atoms with Crippen LogP contribution >= 0.6 is 0 Å². The van der Waals surface area contributed by atoms with Crippen molar-refractivity contribution in [3.8, 4) is 5.75 Å². The van der Waals surface area contributed by atoms with E-state index in [0.29, 0.717) is 17.7 Å². The molecule has 3 rings (SSSR count). The van der Waals surface area contributed by atoms with Crippen LogP contribution in [0.15, 0.2) is 78.9 Å². The SMILES string of the molecule is COC(=O)c1ccc(COC(=O)c2ccc(COc3ccccc3)cc2)cc1. The van der Waals surface area contributed by atoms with Crippen molar-refractivity contribution in [3.63, 3.8) is 0 Å². The highest BCUT2D eigenvalue weighted by Gasteiger charge is 2.09. The van der Waals surface area contributed by atoms with Crippen LogP contribution < -0.4 is 4.74 Å². The van der Waals surface area contributed by atoms with E-state index in [2.05, 4.69) is 4.74 Å². The summed E-state index contributed by atoms with van der Waals surface area (Å²) in [5.41, 5.74) is 2.66. The molecule has 142 valence electrons. The number of carbonyl (C=O) groups is 2. The molecule has 0 spiro atoms. The van der Waals surface area contributed by atoms with Crippen LogP contribution in [0.1, 0.15) is 31.8 Å². The molecular formula is C23H20O5. The minimum absolute atomic E-state index is 0.124. The van der Waals surface area contributed by atoms with Crippen LogP contribution in [0.5, 0.6) is 5.75 Å². The van der Waals surface area contributed by atoms with Crippen LogP contribution in [0.25, 0.3) is 0 Å². The molecule has 0 fully saturated rings. The van der Waals surface area contributed by atoms with Gasteiger partial charge in [-0.3, -0.25) is 0 Å². The molecule has 0 atom stereocenters. The lowest BCUT2D eigenvalue weighted by Gasteiger charge is -2.08. The Balaban J connectivity index is 1.51. The molecule has 5 heteroatoms. The molecular weight excluding hydrogens is 356 g/mol. The fourth-order valence-corrected chi connectivity index (χ4v) is 2.51. The quantitative estimate of drug-likeness (QED) is 0.572. The van der Waals surface area contributed by atoms with E-state index in [0.717, 1.165) is 16.9 Å². The summed E-state index contributed by atoms with van der Waals surface area (Å²) in [6.07, 6.45) is 0. The highest BCUT2D eigenvalue weighted by molar-refractivity contribution is 5.90. The topological polar surface area (TPSA) is 61.8 Å². The third-order valence-electron chi connectivity index (χ3n) is 4.08. The van der Waals surface area contributed by atoms with Crippen LogP contribution in [-0.2, 0) is 22.7 Å². The molecule has 0 aliphatic heterocycles. The third-order valence-corrected chi connectivity index (χ3v) is 4.08. The smallest absolute Gasteiger partial charge is 0.338 e. The van der Waals surface area contributed by atoms with Gasteiger partial charge in [0.2, 0.25) is 0 Å². The number of esters is 2. The number of hydrogen-bond acceptors (Lipinski definition) is 5. The number of ether oxygens (including phenoxy) is 3. The van der Waals surface area contributed by atoms with E-state index < -0.39 is 11.9 Å². The van der Waals surface area contributed by atoms with Gasteiger partial charge in [0, 0.05) is 0 Å². The van der Waals surface area contributed by atoms with Gasteiger partial charge in [0.1, 0.15) is 19.0 Å². The first kappa shape index (κ1) is 19.2. The maximum absolute atomic E-state index is 12.2. The Hall–Kier alpha value is -3.60. The molecule has 3 aromatic carbocycles. The molecule has 0 unspecified atom stereocenters. The van der Waals surface area contributed by atoms with Gasteiger partial charge < -0.3 is 14.2 Å². The fraction of sp³-hybridized carbons (Fsp3) is 0.130. The molecule has 0 aromatic heterocycles. The van der Waals surface area contributed by atoms with Gasteiger partial charge in [-0.1, -0.05) is 42.5 Å². The van der Waals surface area contributed by atoms with E-state index in [1.165, 1.54) is 7.11 Å². The molecule has 0 N–H and O–H groups in total. The van der Waals surface area contributed by atoms with Crippen LogP contribution in [0.3, 0.4) is 0 Å². The lowest BCUT2D eigenvalue weighted by molar-refractivity contribution is 0.0471. The Morgan fingerprint density at radius 2 is 1.21 bits per heavy atom. The lowest BCUT2D eigenvalue weighted by atomic mass is 10.1. The second-order valence-corrected chi connectivity index (χ2v) is 6.06. The summed E-state index contributed by atoms with van der Waals surface area (Å²) in [5.74, 6) is -0.0170. The zero-order valence-corrected chi connectivity index (χ0v) is 15.5. The Labute approximate surface area is 163 Å². The standard InChI is InChI=1S/C23H20O5/c1-26-22(24)19-11-7-18(8-12-19)16-28-23(25)20-13-9-17(10-14-20)15-27-21-5-3-2-4-6-21/h2-14H,15-16H2,1H3. The van der Waals surface area contributed by atoms with Gasteiger partial charge in [0.25, 0.3) is 0 Å². The summed E-state index contributed by atoms with van der Waals surface area (Å²) in [7, 11) is 1.33. The van der Waals surface area contributed by atoms with Crippen molar-refractivity contribution in [2.24, 2.45) is 0 Å². The monoisotopic (exact) mass is 376 g/mol. The maximum Gasteiger partial charge on any atom is 0.338 e. The van der Waals surface area contributed by atoms with Crippen LogP contribution in [0, 0.1) is 0 Å². The molecule has 0 aliphatic rings. The zero-order chi connectivity index (χ0) is 19.8. The highest BCUT2D eigenvalue weighted by atomic mass is 16.5. The van der Waals surface area contributed by atoms with Crippen LogP contribution in [-0.4, -0.2) is 19.0 Å². The predicted octanol–water partition coefficient (Wildman–Crippen LogP) is 4.41. The van der Waals surface area contributed by atoms with Crippen LogP contribution in [0.4, 0.5) is 0 Å². The summed E-state index contributed by atoms with van der Waals surface area (Å²) in [6.45, 7) is 0.547. The first-order valence-corrected chi connectivity index (χ1v) is 8.77. The number of benzene rings is 3. The summed E-state index contributed by atoms with van der Waals surface area (Å²) < 4.78 is 15.7. The Morgan fingerprint density at radius 3 is 1.79 bits per heavy atom. The van der Waals surface area contributed by atoms with Crippen molar-refractivity contribution in [2.75, 3.05) is 7.11 Å². The van der Waals surface area contributed by atoms with E-state index in [1.54, 1.807) is 36.4 Å². The summed E-state index contributed by atoms with van der Waals surface area (Å²) in [4.78, 5) is 23.6. The van der Waals surface area contributed by atoms with Crippen molar-refractivity contribution in [2.45, 2.75) is 13.2 Å². The van der Waals surface area contributed by atoms with Gasteiger partial charge in [-0.15, -0.1) is 0 Å². The number of rotatable bonds is 7. The molecule has 0 bridgehead atoms. The van der Waals surface area contributed by atoms with Gasteiger partial charge in [0.15, 0.2) is 0 Å². The normalized spacial score (nSPS) is 10.2. The maximum atomic E-state index is 12.2. The molecule has 3 aromatic rings. The molecule has 28 heavy (non-hydrogen) atoms. The Bertz CT molecular complexity index is 915. The van der Waals surface area contributed by atoms with E-state index in [1.807, 2.05) is 42.5 Å². The van der Waals surface area contributed by atoms with Gasteiger partial charge in [0.05, 0.1) is 18.2 Å². The Kier molecular flexibility index (Phi) is 6.41. The first-order valence-electron chi connectivity index (χ1n) is 8.77. The second-order valence-electron chi connectivity index (χ2n) is 6.06. The average molecular weight is 376 g/mol. The second kappa shape index (κ2) is 9.37. The van der Waals surface area contributed by atoms with E-state index in [4.69, 9.17) is 9.47 Å². The van der Waals surface area contributed by atoms with Crippen molar-refractivity contribution < 1.29 is 23.8 Å². The number of methoxy groups -OCH3 is 1. The van der Waals surface area contributed by atoms with Crippen molar-refractivity contribution in [1.29, 1.82) is 0 Å². The molecule has 0 aliphatic carbocycles.